The fraction of sp³-hybridized carbons (Fsp3) is 0.250. The van der Waals surface area contributed by atoms with Crippen molar-refractivity contribution in [1.82, 2.24) is 19.6 Å². The van der Waals surface area contributed by atoms with Crippen molar-refractivity contribution in [1.29, 1.82) is 0 Å². The molecular weight excluding hydrogens is 182 g/mol. The van der Waals surface area contributed by atoms with E-state index in [1.165, 1.54) is 4.52 Å². The molecule has 2 N–H and O–H groups in total. The summed E-state index contributed by atoms with van der Waals surface area (Å²) in [5.74, 6) is 0.242. The summed E-state index contributed by atoms with van der Waals surface area (Å²) in [6.45, 7) is 1.80. The first-order valence-electron chi connectivity index (χ1n) is 4.13. The Balaban J connectivity index is 2.56. The van der Waals surface area contributed by atoms with Gasteiger partial charge in [0.2, 0.25) is 11.6 Å². The first-order chi connectivity index (χ1) is 6.70. The third-order valence-corrected chi connectivity index (χ3v) is 1.76. The molecule has 0 saturated heterocycles. The first kappa shape index (κ1) is 8.76. The molecular formula is C8H9N5O. The van der Waals surface area contributed by atoms with Crippen molar-refractivity contribution < 1.29 is 4.79 Å². The lowest BCUT2D eigenvalue weighted by atomic mass is 10.4. The number of hydrogen-bond acceptors (Lipinski definition) is 5. The SMILES string of the molecule is Cc1cnc2nc(C(=O)CN)nn2c1. The van der Waals surface area contributed by atoms with Gasteiger partial charge in [0.25, 0.3) is 5.78 Å². The van der Waals surface area contributed by atoms with Gasteiger partial charge in [0, 0.05) is 12.4 Å². The number of carbonyl (C=O) groups excluding carboxylic acids is 1. The van der Waals surface area contributed by atoms with Crippen LogP contribution in [-0.2, 0) is 0 Å². The average molecular weight is 191 g/mol. The summed E-state index contributed by atoms with van der Waals surface area (Å²) in [4.78, 5) is 19.1. The molecule has 72 valence electrons. The van der Waals surface area contributed by atoms with Gasteiger partial charge in [0.1, 0.15) is 0 Å². The first-order valence-corrected chi connectivity index (χ1v) is 4.13. The largest absolute Gasteiger partial charge is 0.324 e. The van der Waals surface area contributed by atoms with Gasteiger partial charge in [-0.05, 0) is 12.5 Å². The topological polar surface area (TPSA) is 86.2 Å². The molecule has 2 aromatic heterocycles. The second kappa shape index (κ2) is 3.15. The Labute approximate surface area is 79.8 Å². The fourth-order valence-electron chi connectivity index (χ4n) is 1.08. The number of ketones is 1. The molecule has 0 aliphatic rings. The average Bonchev–Trinajstić information content (AvgIpc) is 2.59. The van der Waals surface area contributed by atoms with Crippen LogP contribution in [0.1, 0.15) is 16.2 Å². The summed E-state index contributed by atoms with van der Waals surface area (Å²) in [5, 5.41) is 3.96. The van der Waals surface area contributed by atoms with Gasteiger partial charge in [-0.3, -0.25) is 4.79 Å². The molecule has 0 aromatic carbocycles. The van der Waals surface area contributed by atoms with Gasteiger partial charge >= 0.3 is 0 Å². The molecule has 0 aliphatic carbocycles. The van der Waals surface area contributed by atoms with Crippen LogP contribution in [0.5, 0.6) is 0 Å². The minimum absolute atomic E-state index is 0.0874. The second-order valence-electron chi connectivity index (χ2n) is 2.94. The summed E-state index contributed by atoms with van der Waals surface area (Å²) >= 11 is 0. The van der Waals surface area contributed by atoms with Crippen LogP contribution in [0, 0.1) is 6.92 Å². The molecule has 0 bridgehead atoms. The van der Waals surface area contributed by atoms with Crippen LogP contribution in [0.4, 0.5) is 0 Å². The van der Waals surface area contributed by atoms with E-state index < -0.39 is 0 Å². The summed E-state index contributed by atoms with van der Waals surface area (Å²) in [5.41, 5.74) is 6.15. The number of hydrogen-bond donors (Lipinski definition) is 1. The van der Waals surface area contributed by atoms with E-state index >= 15 is 0 Å². The Morgan fingerprint density at radius 3 is 3.14 bits per heavy atom. The molecule has 0 fully saturated rings. The number of Topliss-reactive ketones (excluding diaryl/α,β-unsaturated/α-hetero) is 1. The molecule has 2 aromatic rings. The highest BCUT2D eigenvalue weighted by molar-refractivity contribution is 5.94. The van der Waals surface area contributed by atoms with Gasteiger partial charge in [-0.1, -0.05) is 0 Å². The van der Waals surface area contributed by atoms with Crippen molar-refractivity contribution in [3.63, 3.8) is 0 Å². The molecule has 0 aliphatic heterocycles. The van der Waals surface area contributed by atoms with Crippen LogP contribution in [0.2, 0.25) is 0 Å². The maximum Gasteiger partial charge on any atom is 0.252 e. The molecule has 2 rings (SSSR count). The van der Waals surface area contributed by atoms with Gasteiger partial charge in [0.15, 0.2) is 0 Å². The molecule has 2 heterocycles. The number of aromatic nitrogens is 4. The number of rotatable bonds is 2. The minimum atomic E-state index is -0.284. The maximum absolute atomic E-state index is 11.2. The summed E-state index contributed by atoms with van der Waals surface area (Å²) < 4.78 is 1.47. The summed E-state index contributed by atoms with van der Waals surface area (Å²) in [6, 6.07) is 0. The monoisotopic (exact) mass is 191 g/mol. The van der Waals surface area contributed by atoms with E-state index in [4.69, 9.17) is 5.73 Å². The summed E-state index contributed by atoms with van der Waals surface area (Å²) in [6.07, 6.45) is 3.42. The van der Waals surface area contributed by atoms with Crippen LogP contribution >= 0.6 is 0 Å². The normalized spacial score (nSPS) is 10.7. The van der Waals surface area contributed by atoms with Gasteiger partial charge in [-0.2, -0.15) is 4.98 Å². The molecule has 0 unspecified atom stereocenters. The van der Waals surface area contributed by atoms with Crippen molar-refractivity contribution in [2.75, 3.05) is 6.54 Å². The van der Waals surface area contributed by atoms with E-state index in [0.29, 0.717) is 5.78 Å². The van der Waals surface area contributed by atoms with E-state index in [2.05, 4.69) is 15.1 Å². The summed E-state index contributed by atoms with van der Waals surface area (Å²) in [7, 11) is 0. The molecule has 0 spiro atoms. The minimum Gasteiger partial charge on any atom is -0.324 e. The Kier molecular flexibility index (Phi) is 1.97. The van der Waals surface area contributed by atoms with Gasteiger partial charge in [-0.25, -0.2) is 9.50 Å². The lowest BCUT2D eigenvalue weighted by Gasteiger charge is -1.90. The van der Waals surface area contributed by atoms with Crippen LogP contribution < -0.4 is 5.73 Å². The zero-order valence-corrected chi connectivity index (χ0v) is 7.64. The van der Waals surface area contributed by atoms with Crippen molar-refractivity contribution in [3.05, 3.63) is 23.8 Å². The molecule has 6 nitrogen and oxygen atoms in total. The number of nitrogens with zero attached hydrogens (tertiary/aromatic N) is 4. The van der Waals surface area contributed by atoms with Gasteiger partial charge in [0.05, 0.1) is 6.54 Å². The molecule has 0 amide bonds. The molecule has 0 atom stereocenters. The van der Waals surface area contributed by atoms with Crippen molar-refractivity contribution in [2.45, 2.75) is 6.92 Å². The highest BCUT2D eigenvalue weighted by Gasteiger charge is 2.11. The smallest absolute Gasteiger partial charge is 0.252 e. The number of carbonyl (C=O) groups is 1. The van der Waals surface area contributed by atoms with Crippen molar-refractivity contribution in [2.24, 2.45) is 5.73 Å². The van der Waals surface area contributed by atoms with Gasteiger partial charge in [-0.15, -0.1) is 5.10 Å². The van der Waals surface area contributed by atoms with Crippen LogP contribution in [-0.4, -0.2) is 31.9 Å². The zero-order chi connectivity index (χ0) is 10.1. The third-order valence-electron chi connectivity index (χ3n) is 1.76. The van der Waals surface area contributed by atoms with Crippen molar-refractivity contribution >= 4 is 11.6 Å². The number of aryl methyl sites for hydroxylation is 1. The standard InChI is InChI=1S/C8H9N5O/c1-5-3-10-8-11-7(6(14)2-9)12-13(8)4-5/h3-4H,2,9H2,1H3. The van der Waals surface area contributed by atoms with E-state index in [9.17, 15) is 4.79 Å². The van der Waals surface area contributed by atoms with Crippen LogP contribution in [0.15, 0.2) is 12.4 Å². The quantitative estimate of drug-likeness (QED) is 0.651. The molecule has 6 heteroatoms. The second-order valence-corrected chi connectivity index (χ2v) is 2.94. The zero-order valence-electron chi connectivity index (χ0n) is 7.64. The Hall–Kier alpha value is -1.82. The van der Waals surface area contributed by atoms with E-state index in [1.54, 1.807) is 12.4 Å². The van der Waals surface area contributed by atoms with Crippen LogP contribution in [0.3, 0.4) is 0 Å². The highest BCUT2D eigenvalue weighted by atomic mass is 16.1. The fourth-order valence-corrected chi connectivity index (χ4v) is 1.08. The molecule has 0 radical (unpaired) electrons. The third kappa shape index (κ3) is 1.35. The molecule has 14 heavy (non-hydrogen) atoms. The predicted molar refractivity (Wildman–Crippen MR) is 48.9 cm³/mol. The van der Waals surface area contributed by atoms with Gasteiger partial charge < -0.3 is 5.73 Å². The van der Waals surface area contributed by atoms with Crippen molar-refractivity contribution in [3.8, 4) is 0 Å². The lowest BCUT2D eigenvalue weighted by Crippen LogP contribution is -2.15. The van der Waals surface area contributed by atoms with E-state index in [0.717, 1.165) is 5.56 Å². The van der Waals surface area contributed by atoms with Crippen LogP contribution in [0.25, 0.3) is 5.78 Å². The Morgan fingerprint density at radius 2 is 2.43 bits per heavy atom. The number of nitrogens with two attached hydrogens (primary N) is 1. The molecule has 0 saturated carbocycles. The maximum atomic E-state index is 11.2. The lowest BCUT2D eigenvalue weighted by molar-refractivity contribution is 0.0992. The predicted octanol–water partition coefficient (Wildman–Crippen LogP) is -0.426. The Morgan fingerprint density at radius 1 is 1.64 bits per heavy atom. The van der Waals surface area contributed by atoms with E-state index in [-0.39, 0.29) is 18.2 Å². The highest BCUT2D eigenvalue weighted by Crippen LogP contribution is 2.00. The van der Waals surface area contributed by atoms with E-state index in [1.807, 2.05) is 6.92 Å². The number of fused-ring (bicyclic) bond motifs is 1. The Bertz CT molecular complexity index is 489.